The van der Waals surface area contributed by atoms with Gasteiger partial charge in [0.15, 0.2) is 0 Å². The second kappa shape index (κ2) is 4.35. The fourth-order valence-corrected chi connectivity index (χ4v) is 1.94. The van der Waals surface area contributed by atoms with Crippen molar-refractivity contribution in [3.05, 3.63) is 17.5 Å². The highest BCUT2D eigenvalue weighted by molar-refractivity contribution is 5.21. The van der Waals surface area contributed by atoms with E-state index in [1.54, 1.807) is 0 Å². The van der Waals surface area contributed by atoms with Gasteiger partial charge in [-0.15, -0.1) is 0 Å². The van der Waals surface area contributed by atoms with Crippen LogP contribution in [-0.4, -0.2) is 16.3 Å². The lowest BCUT2D eigenvalue weighted by molar-refractivity contribution is 0.347. The van der Waals surface area contributed by atoms with Crippen LogP contribution < -0.4 is 5.32 Å². The highest BCUT2D eigenvalue weighted by atomic mass is 15.3. The molecule has 0 aliphatic rings. The lowest BCUT2D eigenvalue weighted by Gasteiger charge is -2.22. The first kappa shape index (κ1) is 12.2. The van der Waals surface area contributed by atoms with E-state index in [4.69, 9.17) is 0 Å². The quantitative estimate of drug-likeness (QED) is 0.829. The Balaban J connectivity index is 2.99. The number of hydrogen-bond donors (Lipinski definition) is 1. The van der Waals surface area contributed by atoms with Crippen LogP contribution in [0.25, 0.3) is 0 Å². The number of nitrogens with zero attached hydrogens (tertiary/aromatic N) is 2. The number of rotatable bonds is 3. The number of aromatic nitrogens is 2. The third kappa shape index (κ3) is 2.59. The SMILES string of the molecule is CCNC(C)c1cnn(C(C)(C)C)c1C. The summed E-state index contributed by atoms with van der Waals surface area (Å²) in [6.45, 7) is 14.0. The van der Waals surface area contributed by atoms with Crippen LogP contribution in [0.5, 0.6) is 0 Å². The molecule has 0 bridgehead atoms. The molecule has 1 heterocycles. The van der Waals surface area contributed by atoms with Gasteiger partial charge in [0.05, 0.1) is 11.7 Å². The molecular formula is C12H23N3. The van der Waals surface area contributed by atoms with Crippen molar-refractivity contribution in [2.75, 3.05) is 6.54 Å². The lowest BCUT2D eigenvalue weighted by atomic mass is 10.1. The minimum absolute atomic E-state index is 0.0638. The van der Waals surface area contributed by atoms with Crippen LogP contribution >= 0.6 is 0 Å². The summed E-state index contributed by atoms with van der Waals surface area (Å²) < 4.78 is 2.09. The Morgan fingerprint density at radius 3 is 2.47 bits per heavy atom. The van der Waals surface area contributed by atoms with Gasteiger partial charge in [0.25, 0.3) is 0 Å². The Morgan fingerprint density at radius 1 is 1.47 bits per heavy atom. The molecule has 0 amide bonds. The van der Waals surface area contributed by atoms with E-state index in [2.05, 4.69) is 56.6 Å². The Bertz CT molecular complexity index is 320. The Hall–Kier alpha value is -0.830. The zero-order valence-corrected chi connectivity index (χ0v) is 10.8. The molecule has 15 heavy (non-hydrogen) atoms. The van der Waals surface area contributed by atoms with E-state index in [0.717, 1.165) is 6.54 Å². The highest BCUT2D eigenvalue weighted by Gasteiger charge is 2.20. The molecule has 1 rings (SSSR count). The molecule has 1 aromatic heterocycles. The van der Waals surface area contributed by atoms with Crippen molar-refractivity contribution in [3.8, 4) is 0 Å². The summed E-state index contributed by atoms with van der Waals surface area (Å²) in [5.41, 5.74) is 2.62. The van der Waals surface area contributed by atoms with Gasteiger partial charge in [0, 0.05) is 17.3 Å². The molecule has 0 aliphatic heterocycles. The molecule has 0 saturated heterocycles. The van der Waals surface area contributed by atoms with Crippen LogP contribution in [0, 0.1) is 6.92 Å². The fourth-order valence-electron chi connectivity index (χ4n) is 1.94. The van der Waals surface area contributed by atoms with E-state index in [1.165, 1.54) is 11.3 Å². The summed E-state index contributed by atoms with van der Waals surface area (Å²) in [7, 11) is 0. The highest BCUT2D eigenvalue weighted by Crippen LogP contribution is 2.22. The van der Waals surface area contributed by atoms with Crippen molar-refractivity contribution in [1.29, 1.82) is 0 Å². The summed E-state index contributed by atoms with van der Waals surface area (Å²) >= 11 is 0. The lowest BCUT2D eigenvalue weighted by Crippen LogP contribution is -2.25. The van der Waals surface area contributed by atoms with Crippen molar-refractivity contribution in [2.24, 2.45) is 0 Å². The summed E-state index contributed by atoms with van der Waals surface area (Å²) in [6.07, 6.45) is 1.98. The van der Waals surface area contributed by atoms with Crippen LogP contribution in [0.2, 0.25) is 0 Å². The molecule has 0 saturated carbocycles. The summed E-state index contributed by atoms with van der Waals surface area (Å²) in [6, 6.07) is 0.381. The van der Waals surface area contributed by atoms with E-state index < -0.39 is 0 Å². The smallest absolute Gasteiger partial charge is 0.0546 e. The largest absolute Gasteiger partial charge is 0.310 e. The van der Waals surface area contributed by atoms with Crippen molar-refractivity contribution in [3.63, 3.8) is 0 Å². The Morgan fingerprint density at radius 2 is 2.07 bits per heavy atom. The Labute approximate surface area is 92.9 Å². The minimum atomic E-state index is 0.0638. The normalized spacial score (nSPS) is 14.3. The predicted octanol–water partition coefficient (Wildman–Crippen LogP) is 2.62. The fraction of sp³-hybridized carbons (Fsp3) is 0.750. The third-order valence-corrected chi connectivity index (χ3v) is 2.66. The zero-order chi connectivity index (χ0) is 11.6. The van der Waals surface area contributed by atoms with E-state index in [-0.39, 0.29) is 5.54 Å². The first-order valence-corrected chi connectivity index (χ1v) is 5.66. The second-order valence-electron chi connectivity index (χ2n) is 5.05. The molecule has 1 N–H and O–H groups in total. The maximum atomic E-state index is 4.47. The van der Waals surface area contributed by atoms with Gasteiger partial charge in [0.2, 0.25) is 0 Å². The standard InChI is InChI=1S/C12H23N3/c1-7-13-9(2)11-8-14-15(10(11)3)12(4,5)6/h8-9,13H,7H2,1-6H3. The average Bonchev–Trinajstić information content (AvgIpc) is 2.46. The topological polar surface area (TPSA) is 29.9 Å². The molecule has 0 radical (unpaired) electrons. The zero-order valence-electron chi connectivity index (χ0n) is 10.8. The molecule has 3 heteroatoms. The summed E-state index contributed by atoms with van der Waals surface area (Å²) in [4.78, 5) is 0. The van der Waals surface area contributed by atoms with Gasteiger partial charge in [0.1, 0.15) is 0 Å². The van der Waals surface area contributed by atoms with Crippen LogP contribution in [0.1, 0.15) is 51.9 Å². The van der Waals surface area contributed by atoms with Gasteiger partial charge in [-0.25, -0.2) is 0 Å². The van der Waals surface area contributed by atoms with E-state index in [1.807, 2.05) is 6.20 Å². The van der Waals surface area contributed by atoms with Crippen molar-refractivity contribution >= 4 is 0 Å². The van der Waals surface area contributed by atoms with Gasteiger partial charge in [-0.3, -0.25) is 4.68 Å². The van der Waals surface area contributed by atoms with Crippen LogP contribution in [0.4, 0.5) is 0 Å². The summed E-state index contributed by atoms with van der Waals surface area (Å²) in [5, 5.41) is 7.88. The van der Waals surface area contributed by atoms with Crippen molar-refractivity contribution in [2.45, 2.75) is 53.1 Å². The molecule has 3 nitrogen and oxygen atoms in total. The van der Waals surface area contributed by atoms with Crippen LogP contribution in [0.3, 0.4) is 0 Å². The summed E-state index contributed by atoms with van der Waals surface area (Å²) in [5.74, 6) is 0. The molecule has 0 spiro atoms. The first-order chi connectivity index (χ1) is 6.88. The maximum absolute atomic E-state index is 4.47. The molecule has 1 atom stereocenters. The van der Waals surface area contributed by atoms with Gasteiger partial charge in [-0.2, -0.15) is 5.10 Å². The molecule has 0 aromatic carbocycles. The molecule has 0 aliphatic carbocycles. The average molecular weight is 209 g/mol. The van der Waals surface area contributed by atoms with Crippen LogP contribution in [0.15, 0.2) is 6.20 Å². The molecule has 0 fully saturated rings. The van der Waals surface area contributed by atoms with E-state index in [0.29, 0.717) is 6.04 Å². The predicted molar refractivity (Wildman–Crippen MR) is 64.1 cm³/mol. The molecule has 1 unspecified atom stereocenters. The third-order valence-electron chi connectivity index (χ3n) is 2.66. The van der Waals surface area contributed by atoms with E-state index >= 15 is 0 Å². The Kier molecular flexibility index (Phi) is 3.55. The number of nitrogens with one attached hydrogen (secondary N) is 1. The van der Waals surface area contributed by atoms with Gasteiger partial charge >= 0.3 is 0 Å². The van der Waals surface area contributed by atoms with Crippen molar-refractivity contribution < 1.29 is 0 Å². The monoisotopic (exact) mass is 209 g/mol. The van der Waals surface area contributed by atoms with Gasteiger partial charge < -0.3 is 5.32 Å². The van der Waals surface area contributed by atoms with Crippen LogP contribution in [-0.2, 0) is 5.54 Å². The van der Waals surface area contributed by atoms with E-state index in [9.17, 15) is 0 Å². The molecular weight excluding hydrogens is 186 g/mol. The number of hydrogen-bond acceptors (Lipinski definition) is 2. The van der Waals surface area contributed by atoms with Gasteiger partial charge in [-0.05, 0) is 41.2 Å². The minimum Gasteiger partial charge on any atom is -0.310 e. The maximum Gasteiger partial charge on any atom is 0.0546 e. The van der Waals surface area contributed by atoms with Crippen molar-refractivity contribution in [1.82, 2.24) is 15.1 Å². The second-order valence-corrected chi connectivity index (χ2v) is 5.05. The molecule has 1 aromatic rings. The molecule has 86 valence electrons. The van der Waals surface area contributed by atoms with Gasteiger partial charge in [-0.1, -0.05) is 6.92 Å². The first-order valence-electron chi connectivity index (χ1n) is 5.66.